The molecule has 0 aliphatic carbocycles. The minimum absolute atomic E-state index is 0.0117. The van der Waals surface area contributed by atoms with E-state index in [9.17, 15) is 13.2 Å². The van der Waals surface area contributed by atoms with Crippen LogP contribution in [-0.4, -0.2) is 29.8 Å². The lowest BCUT2D eigenvalue weighted by Crippen LogP contribution is -2.14. The molecular formula is C17H16Cl2F3N3O. The van der Waals surface area contributed by atoms with Crippen molar-refractivity contribution in [1.82, 2.24) is 9.88 Å². The summed E-state index contributed by atoms with van der Waals surface area (Å²) in [4.78, 5) is 10.2. The lowest BCUT2D eigenvalue weighted by Gasteiger charge is -2.13. The van der Waals surface area contributed by atoms with Crippen LogP contribution >= 0.6 is 23.2 Å². The van der Waals surface area contributed by atoms with Gasteiger partial charge in [-0.05, 0) is 32.0 Å². The summed E-state index contributed by atoms with van der Waals surface area (Å²) in [5.74, 6) is -0.0834. The SMILES string of the molecule is CCN(C)/C=N/c1cnc(Oc2ccc(Cl)c(C(F)(F)F)c2)c(Cl)c1C. The molecule has 2 aromatic rings. The van der Waals surface area contributed by atoms with Crippen LogP contribution in [-0.2, 0) is 6.18 Å². The number of pyridine rings is 1. The van der Waals surface area contributed by atoms with Gasteiger partial charge in [-0.2, -0.15) is 13.2 Å². The molecule has 26 heavy (non-hydrogen) atoms. The predicted molar refractivity (Wildman–Crippen MR) is 97.0 cm³/mol. The van der Waals surface area contributed by atoms with Crippen LogP contribution in [0, 0.1) is 6.92 Å². The van der Waals surface area contributed by atoms with Gasteiger partial charge in [0.05, 0.1) is 28.8 Å². The van der Waals surface area contributed by atoms with Gasteiger partial charge < -0.3 is 9.64 Å². The third-order valence-corrected chi connectivity index (χ3v) is 4.33. The van der Waals surface area contributed by atoms with Gasteiger partial charge in [0.1, 0.15) is 10.8 Å². The molecule has 9 heteroatoms. The van der Waals surface area contributed by atoms with Crippen LogP contribution in [0.4, 0.5) is 18.9 Å². The van der Waals surface area contributed by atoms with Gasteiger partial charge in [-0.3, -0.25) is 0 Å². The molecule has 1 aromatic carbocycles. The molecule has 2 rings (SSSR count). The highest BCUT2D eigenvalue weighted by Gasteiger charge is 2.33. The first kappa shape index (κ1) is 20.3. The number of hydrogen-bond acceptors (Lipinski definition) is 3. The molecule has 0 bridgehead atoms. The fraction of sp³-hybridized carbons (Fsp3) is 0.294. The summed E-state index contributed by atoms with van der Waals surface area (Å²) in [5, 5.41) is -0.243. The quantitative estimate of drug-likeness (QED) is 0.444. The van der Waals surface area contributed by atoms with E-state index in [2.05, 4.69) is 9.98 Å². The smallest absolute Gasteiger partial charge is 0.417 e. The van der Waals surface area contributed by atoms with Crippen LogP contribution in [0.5, 0.6) is 11.6 Å². The summed E-state index contributed by atoms with van der Waals surface area (Å²) in [6.07, 6.45) is -1.51. The first-order valence-electron chi connectivity index (χ1n) is 7.57. The number of aliphatic imine (C=N–C) groups is 1. The van der Waals surface area contributed by atoms with E-state index < -0.39 is 16.8 Å². The second kappa shape index (κ2) is 8.14. The predicted octanol–water partition coefficient (Wildman–Crippen LogP) is 6.12. The van der Waals surface area contributed by atoms with Gasteiger partial charge in [-0.1, -0.05) is 23.2 Å². The molecule has 0 aliphatic rings. The average molecular weight is 406 g/mol. The van der Waals surface area contributed by atoms with Gasteiger partial charge in [0, 0.05) is 19.2 Å². The van der Waals surface area contributed by atoms with Crippen molar-refractivity contribution in [1.29, 1.82) is 0 Å². The molecule has 0 N–H and O–H groups in total. The Morgan fingerprint density at radius 3 is 2.62 bits per heavy atom. The van der Waals surface area contributed by atoms with Crippen molar-refractivity contribution in [2.45, 2.75) is 20.0 Å². The largest absolute Gasteiger partial charge is 0.438 e. The Labute approximate surface area is 159 Å². The van der Waals surface area contributed by atoms with Crippen molar-refractivity contribution < 1.29 is 17.9 Å². The summed E-state index contributed by atoms with van der Waals surface area (Å²) in [6.45, 7) is 4.48. The maximum Gasteiger partial charge on any atom is 0.417 e. The van der Waals surface area contributed by atoms with Crippen LogP contribution in [0.2, 0.25) is 10.0 Å². The lowest BCUT2D eigenvalue weighted by atomic mass is 10.2. The van der Waals surface area contributed by atoms with E-state index in [1.54, 1.807) is 13.3 Å². The number of aromatic nitrogens is 1. The zero-order valence-corrected chi connectivity index (χ0v) is 15.7. The summed E-state index contributed by atoms with van der Waals surface area (Å²) >= 11 is 11.8. The topological polar surface area (TPSA) is 37.7 Å². The number of rotatable bonds is 5. The van der Waals surface area contributed by atoms with E-state index in [-0.39, 0.29) is 16.7 Å². The highest BCUT2D eigenvalue weighted by molar-refractivity contribution is 6.33. The van der Waals surface area contributed by atoms with E-state index >= 15 is 0 Å². The van der Waals surface area contributed by atoms with Crippen molar-refractivity contribution in [3.63, 3.8) is 0 Å². The molecule has 0 aliphatic heterocycles. The van der Waals surface area contributed by atoms with Gasteiger partial charge in [-0.15, -0.1) is 0 Å². The Balaban J connectivity index is 2.31. The molecule has 0 amide bonds. The highest BCUT2D eigenvalue weighted by Crippen LogP contribution is 2.39. The normalized spacial score (nSPS) is 11.8. The summed E-state index contributed by atoms with van der Waals surface area (Å²) in [6, 6.07) is 3.23. The van der Waals surface area contributed by atoms with Gasteiger partial charge in [-0.25, -0.2) is 9.98 Å². The van der Waals surface area contributed by atoms with E-state index in [0.717, 1.165) is 18.7 Å². The van der Waals surface area contributed by atoms with Crippen LogP contribution in [0.1, 0.15) is 18.1 Å². The zero-order chi connectivity index (χ0) is 19.5. The van der Waals surface area contributed by atoms with E-state index in [4.69, 9.17) is 27.9 Å². The Bertz CT molecular complexity index is 826. The van der Waals surface area contributed by atoms with Crippen LogP contribution in [0.15, 0.2) is 29.4 Å². The molecule has 0 unspecified atom stereocenters. The molecule has 0 fully saturated rings. The average Bonchev–Trinajstić information content (AvgIpc) is 2.58. The molecule has 0 spiro atoms. The first-order valence-corrected chi connectivity index (χ1v) is 8.33. The molecule has 0 saturated heterocycles. The maximum atomic E-state index is 12.9. The standard InChI is InChI=1S/C17H16Cl2F3N3O/c1-4-25(3)9-24-14-8-23-16(15(19)10(14)2)26-11-5-6-13(18)12(7-11)17(20,21)22/h5-9H,4H2,1-3H3/b24-9+. The van der Waals surface area contributed by atoms with E-state index in [0.29, 0.717) is 11.3 Å². The van der Waals surface area contributed by atoms with Crippen molar-refractivity contribution in [3.8, 4) is 11.6 Å². The summed E-state index contributed by atoms with van der Waals surface area (Å²) < 4.78 is 44.2. The minimum atomic E-state index is -4.59. The second-order valence-corrected chi connectivity index (χ2v) is 6.23. The van der Waals surface area contributed by atoms with Crippen molar-refractivity contribution in [2.75, 3.05) is 13.6 Å². The molecule has 1 aromatic heterocycles. The summed E-state index contributed by atoms with van der Waals surface area (Å²) in [7, 11) is 1.87. The monoisotopic (exact) mass is 405 g/mol. The zero-order valence-electron chi connectivity index (χ0n) is 14.2. The van der Waals surface area contributed by atoms with E-state index in [1.807, 2.05) is 18.9 Å². The van der Waals surface area contributed by atoms with Crippen LogP contribution in [0.3, 0.4) is 0 Å². The number of ether oxygens (including phenoxy) is 1. The Morgan fingerprint density at radius 1 is 1.31 bits per heavy atom. The fourth-order valence-electron chi connectivity index (χ4n) is 1.89. The lowest BCUT2D eigenvalue weighted by molar-refractivity contribution is -0.137. The second-order valence-electron chi connectivity index (χ2n) is 5.45. The molecule has 140 valence electrons. The van der Waals surface area contributed by atoms with Crippen LogP contribution < -0.4 is 4.74 Å². The third kappa shape index (κ3) is 4.80. The molecule has 1 heterocycles. The Morgan fingerprint density at radius 2 is 2.00 bits per heavy atom. The number of hydrogen-bond donors (Lipinski definition) is 0. The molecule has 4 nitrogen and oxygen atoms in total. The Hall–Kier alpha value is -1.99. The number of nitrogens with zero attached hydrogens (tertiary/aromatic N) is 3. The van der Waals surface area contributed by atoms with Gasteiger partial charge in [0.25, 0.3) is 0 Å². The number of halogens is 5. The van der Waals surface area contributed by atoms with Crippen LogP contribution in [0.25, 0.3) is 0 Å². The number of benzene rings is 1. The minimum Gasteiger partial charge on any atom is -0.438 e. The van der Waals surface area contributed by atoms with E-state index in [1.165, 1.54) is 12.3 Å². The maximum absolute atomic E-state index is 12.9. The van der Waals surface area contributed by atoms with Crippen molar-refractivity contribution >= 4 is 35.2 Å². The summed E-state index contributed by atoms with van der Waals surface area (Å²) in [5.41, 5.74) is 0.144. The van der Waals surface area contributed by atoms with Gasteiger partial charge in [0.2, 0.25) is 5.88 Å². The molecule has 0 saturated carbocycles. The first-order chi connectivity index (χ1) is 12.1. The molecule has 0 radical (unpaired) electrons. The van der Waals surface area contributed by atoms with Gasteiger partial charge in [0.15, 0.2) is 0 Å². The fourth-order valence-corrected chi connectivity index (χ4v) is 2.30. The molecular weight excluding hydrogens is 390 g/mol. The number of alkyl halides is 3. The third-order valence-electron chi connectivity index (χ3n) is 3.56. The highest BCUT2D eigenvalue weighted by atomic mass is 35.5. The van der Waals surface area contributed by atoms with Crippen molar-refractivity contribution in [2.24, 2.45) is 4.99 Å². The van der Waals surface area contributed by atoms with Crippen molar-refractivity contribution in [3.05, 3.63) is 45.6 Å². The Kier molecular flexibility index (Phi) is 6.36. The van der Waals surface area contributed by atoms with Gasteiger partial charge >= 0.3 is 6.18 Å². The molecule has 0 atom stereocenters.